The first kappa shape index (κ1) is 18.7. The molecule has 1 aromatic heterocycles. The number of carbonyl (C=O) groups excluding carboxylic acids is 2. The Kier molecular flexibility index (Phi) is 5.88. The molecule has 1 unspecified atom stereocenters. The molecule has 1 heterocycles. The molecule has 0 spiro atoms. The summed E-state index contributed by atoms with van der Waals surface area (Å²) < 4.78 is 5.07. The van der Waals surface area contributed by atoms with Crippen LogP contribution in [0.5, 0.6) is 5.75 Å². The van der Waals surface area contributed by atoms with E-state index in [0.29, 0.717) is 0 Å². The average molecular weight is 381 g/mol. The van der Waals surface area contributed by atoms with Crippen molar-refractivity contribution in [2.75, 3.05) is 6.61 Å². The molecule has 0 fully saturated rings. The maximum atomic E-state index is 12.4. The number of aromatic hydroxyl groups is 1. The first-order chi connectivity index (χ1) is 13.0. The van der Waals surface area contributed by atoms with E-state index < -0.39 is 18.5 Å². The molecule has 2 N–H and O–H groups in total. The van der Waals surface area contributed by atoms with Crippen molar-refractivity contribution in [3.63, 3.8) is 0 Å². The van der Waals surface area contributed by atoms with E-state index >= 15 is 0 Å². The number of esters is 1. The summed E-state index contributed by atoms with van der Waals surface area (Å²) in [7, 11) is 0. The number of phenolic OH excluding ortho intramolecular Hbond substituents is 1. The van der Waals surface area contributed by atoms with Gasteiger partial charge in [0, 0.05) is 4.88 Å². The zero-order chi connectivity index (χ0) is 19.2. The number of ether oxygens (including phenoxy) is 1. The fourth-order valence-corrected chi connectivity index (χ4v) is 3.45. The molecule has 1 amide bonds. The van der Waals surface area contributed by atoms with Crippen LogP contribution in [-0.2, 0) is 9.53 Å². The SMILES string of the molecule is Cc1ccc(O)c(C(=O)OCC(=O)NC(c2ccccc2)c2cccs2)c1. The molecule has 3 aromatic rings. The molecular weight excluding hydrogens is 362 g/mol. The summed E-state index contributed by atoms with van der Waals surface area (Å²) in [5, 5.41) is 14.6. The summed E-state index contributed by atoms with van der Waals surface area (Å²) in [6, 6.07) is 17.8. The number of thiophene rings is 1. The van der Waals surface area contributed by atoms with Crippen molar-refractivity contribution in [2.24, 2.45) is 0 Å². The minimum atomic E-state index is -0.737. The van der Waals surface area contributed by atoms with Crippen LogP contribution < -0.4 is 5.32 Å². The van der Waals surface area contributed by atoms with Gasteiger partial charge in [0.2, 0.25) is 0 Å². The van der Waals surface area contributed by atoms with E-state index in [2.05, 4.69) is 5.32 Å². The molecule has 0 radical (unpaired) electrons. The van der Waals surface area contributed by atoms with Crippen LogP contribution in [0.15, 0.2) is 66.0 Å². The van der Waals surface area contributed by atoms with Crippen LogP contribution in [0.25, 0.3) is 0 Å². The van der Waals surface area contributed by atoms with Gasteiger partial charge in [0.15, 0.2) is 6.61 Å². The van der Waals surface area contributed by atoms with Crippen LogP contribution in [0.1, 0.15) is 32.4 Å². The summed E-state index contributed by atoms with van der Waals surface area (Å²) in [5.74, 6) is -1.33. The van der Waals surface area contributed by atoms with Gasteiger partial charge in [-0.15, -0.1) is 11.3 Å². The van der Waals surface area contributed by atoms with E-state index in [1.54, 1.807) is 13.0 Å². The number of carbonyl (C=O) groups is 2. The summed E-state index contributed by atoms with van der Waals surface area (Å²) in [4.78, 5) is 25.5. The van der Waals surface area contributed by atoms with Gasteiger partial charge in [0.05, 0.1) is 6.04 Å². The molecular formula is C21H19NO4S. The van der Waals surface area contributed by atoms with Crippen molar-refractivity contribution >= 4 is 23.2 Å². The van der Waals surface area contributed by atoms with Crippen molar-refractivity contribution in [3.8, 4) is 5.75 Å². The highest BCUT2D eigenvalue weighted by Gasteiger charge is 2.20. The topological polar surface area (TPSA) is 75.6 Å². The predicted octanol–water partition coefficient (Wildman–Crippen LogP) is 3.82. The largest absolute Gasteiger partial charge is 0.507 e. The zero-order valence-corrected chi connectivity index (χ0v) is 15.5. The Morgan fingerprint density at radius 2 is 1.89 bits per heavy atom. The average Bonchev–Trinajstić information content (AvgIpc) is 3.21. The fraction of sp³-hybridized carbons (Fsp3) is 0.143. The first-order valence-electron chi connectivity index (χ1n) is 8.39. The molecule has 1 atom stereocenters. The number of amides is 1. The lowest BCUT2D eigenvalue weighted by Crippen LogP contribution is -2.32. The van der Waals surface area contributed by atoms with Gasteiger partial charge in [-0.3, -0.25) is 4.79 Å². The molecule has 27 heavy (non-hydrogen) atoms. The molecule has 138 valence electrons. The Morgan fingerprint density at radius 3 is 2.59 bits per heavy atom. The predicted molar refractivity (Wildman–Crippen MR) is 104 cm³/mol. The number of hydrogen-bond donors (Lipinski definition) is 2. The molecule has 0 aliphatic heterocycles. The fourth-order valence-electron chi connectivity index (χ4n) is 2.64. The monoisotopic (exact) mass is 381 g/mol. The third-order valence-electron chi connectivity index (χ3n) is 3.97. The van der Waals surface area contributed by atoms with E-state index in [1.807, 2.05) is 47.8 Å². The number of hydrogen-bond acceptors (Lipinski definition) is 5. The van der Waals surface area contributed by atoms with Gasteiger partial charge in [0.1, 0.15) is 11.3 Å². The van der Waals surface area contributed by atoms with E-state index in [1.165, 1.54) is 23.5 Å². The zero-order valence-electron chi connectivity index (χ0n) is 14.7. The van der Waals surface area contributed by atoms with Crippen molar-refractivity contribution in [3.05, 3.63) is 87.6 Å². The van der Waals surface area contributed by atoms with Crippen LogP contribution in [0.4, 0.5) is 0 Å². The molecule has 6 heteroatoms. The molecule has 5 nitrogen and oxygen atoms in total. The Bertz CT molecular complexity index is 923. The van der Waals surface area contributed by atoms with Crippen molar-refractivity contribution < 1.29 is 19.4 Å². The van der Waals surface area contributed by atoms with E-state index in [4.69, 9.17) is 4.74 Å². The number of rotatable bonds is 6. The summed E-state index contributed by atoms with van der Waals surface area (Å²) in [6.45, 7) is 1.37. The second-order valence-electron chi connectivity index (χ2n) is 6.02. The van der Waals surface area contributed by atoms with Gasteiger partial charge >= 0.3 is 5.97 Å². The lowest BCUT2D eigenvalue weighted by molar-refractivity contribution is -0.124. The van der Waals surface area contributed by atoms with Crippen molar-refractivity contribution in [1.29, 1.82) is 0 Å². The highest BCUT2D eigenvalue weighted by molar-refractivity contribution is 7.10. The van der Waals surface area contributed by atoms with Crippen molar-refractivity contribution in [1.82, 2.24) is 5.32 Å². The Hall–Kier alpha value is -3.12. The third-order valence-corrected chi connectivity index (χ3v) is 4.91. The maximum Gasteiger partial charge on any atom is 0.342 e. The van der Waals surface area contributed by atoms with Gasteiger partial charge in [-0.25, -0.2) is 4.79 Å². The lowest BCUT2D eigenvalue weighted by Gasteiger charge is -2.18. The molecule has 0 saturated carbocycles. The number of benzene rings is 2. The van der Waals surface area contributed by atoms with Gasteiger partial charge in [-0.05, 0) is 36.1 Å². The molecule has 0 saturated heterocycles. The van der Waals surface area contributed by atoms with Gasteiger partial charge < -0.3 is 15.2 Å². The van der Waals surface area contributed by atoms with Crippen LogP contribution >= 0.6 is 11.3 Å². The highest BCUT2D eigenvalue weighted by atomic mass is 32.1. The molecule has 2 aromatic carbocycles. The van der Waals surface area contributed by atoms with Gasteiger partial charge in [0.25, 0.3) is 5.91 Å². The summed E-state index contributed by atoms with van der Waals surface area (Å²) in [6.07, 6.45) is 0. The van der Waals surface area contributed by atoms with Crippen molar-refractivity contribution in [2.45, 2.75) is 13.0 Å². The third kappa shape index (κ3) is 4.74. The Labute approximate surface area is 161 Å². The second kappa shape index (κ2) is 8.51. The molecule has 0 aliphatic carbocycles. The van der Waals surface area contributed by atoms with Gasteiger partial charge in [-0.1, -0.05) is 48.0 Å². The standard InChI is InChI=1S/C21H19NO4S/c1-14-9-10-17(23)16(12-14)21(25)26-13-19(24)22-20(18-8-5-11-27-18)15-6-3-2-4-7-15/h2-12,20,23H,13H2,1H3,(H,22,24). The van der Waals surface area contributed by atoms with Crippen LogP contribution in [0, 0.1) is 6.92 Å². The highest BCUT2D eigenvalue weighted by Crippen LogP contribution is 2.26. The number of aryl methyl sites for hydroxylation is 1. The minimum absolute atomic E-state index is 0.0423. The van der Waals surface area contributed by atoms with Crippen LogP contribution in [-0.4, -0.2) is 23.6 Å². The van der Waals surface area contributed by atoms with E-state index in [-0.39, 0.29) is 17.4 Å². The minimum Gasteiger partial charge on any atom is -0.507 e. The normalized spacial score (nSPS) is 11.6. The number of nitrogens with one attached hydrogen (secondary N) is 1. The van der Waals surface area contributed by atoms with Gasteiger partial charge in [-0.2, -0.15) is 0 Å². The molecule has 3 rings (SSSR count). The lowest BCUT2D eigenvalue weighted by atomic mass is 10.1. The Morgan fingerprint density at radius 1 is 1.11 bits per heavy atom. The summed E-state index contributed by atoms with van der Waals surface area (Å²) >= 11 is 1.54. The number of phenols is 1. The summed E-state index contributed by atoms with van der Waals surface area (Å²) in [5.41, 5.74) is 1.79. The van der Waals surface area contributed by atoms with Crippen LogP contribution in [0.3, 0.4) is 0 Å². The second-order valence-corrected chi connectivity index (χ2v) is 7.00. The van der Waals surface area contributed by atoms with Crippen LogP contribution in [0.2, 0.25) is 0 Å². The van der Waals surface area contributed by atoms with E-state index in [9.17, 15) is 14.7 Å². The van der Waals surface area contributed by atoms with E-state index in [0.717, 1.165) is 16.0 Å². The first-order valence-corrected chi connectivity index (χ1v) is 9.27. The maximum absolute atomic E-state index is 12.4. The smallest absolute Gasteiger partial charge is 0.342 e. The quantitative estimate of drug-likeness (QED) is 0.637. The Balaban J connectivity index is 1.66. The molecule has 0 bridgehead atoms. The molecule has 0 aliphatic rings.